The molecule has 3 heterocycles. The lowest BCUT2D eigenvalue weighted by atomic mass is 10.3. The Bertz CT molecular complexity index is 1750. The van der Waals surface area contributed by atoms with E-state index in [-0.39, 0.29) is 29.0 Å². The first kappa shape index (κ1) is 27.6. The molecule has 17 heteroatoms. The minimum Gasteiger partial charge on any atom is -0.435 e. The minimum atomic E-state index is -5.17. The van der Waals surface area contributed by atoms with Crippen LogP contribution in [0.15, 0.2) is 61.3 Å². The molecule has 1 unspecified atom stereocenters. The maximum Gasteiger partial charge on any atom is 0.483 e. The zero-order valence-corrected chi connectivity index (χ0v) is 21.0. The molecule has 38 heavy (non-hydrogen) atoms. The molecular formula is C21H17F6N5O4S2. The fourth-order valence-corrected chi connectivity index (χ4v) is 5.87. The van der Waals surface area contributed by atoms with Crippen molar-refractivity contribution in [2.24, 2.45) is 4.36 Å². The number of pyridine rings is 1. The number of aromatic nitrogens is 4. The van der Waals surface area contributed by atoms with Gasteiger partial charge < -0.3 is 4.42 Å². The van der Waals surface area contributed by atoms with Gasteiger partial charge in [-0.2, -0.15) is 31.4 Å². The van der Waals surface area contributed by atoms with Gasteiger partial charge in [-0.1, -0.05) is 6.92 Å². The topological polar surface area (TPSA) is 120 Å². The molecule has 0 bridgehead atoms. The predicted molar refractivity (Wildman–Crippen MR) is 123 cm³/mol. The van der Waals surface area contributed by atoms with Gasteiger partial charge in [0.15, 0.2) is 30.8 Å². The number of nitrogens with zero attached hydrogens (tertiary/aromatic N) is 5. The summed E-state index contributed by atoms with van der Waals surface area (Å²) in [5.74, 6) is -0.813. The summed E-state index contributed by atoms with van der Waals surface area (Å²) in [7, 11) is -8.88. The van der Waals surface area contributed by atoms with E-state index in [0.29, 0.717) is 6.07 Å². The number of alkyl halides is 6. The average Bonchev–Trinajstić information content (AvgIpc) is 3.50. The maximum atomic E-state index is 13.6. The van der Waals surface area contributed by atoms with Crippen molar-refractivity contribution in [1.82, 2.24) is 19.7 Å². The molecule has 0 saturated carbocycles. The van der Waals surface area contributed by atoms with Crippen LogP contribution in [-0.4, -0.2) is 50.2 Å². The van der Waals surface area contributed by atoms with Gasteiger partial charge >= 0.3 is 11.7 Å². The zero-order valence-electron chi connectivity index (χ0n) is 19.4. The van der Waals surface area contributed by atoms with E-state index in [4.69, 9.17) is 4.42 Å². The molecule has 0 spiro atoms. The normalized spacial score (nSPS) is 14.5. The molecule has 1 atom stereocenters. The van der Waals surface area contributed by atoms with E-state index < -0.39 is 58.4 Å². The molecule has 3 aromatic heterocycles. The number of rotatable bonds is 6. The Kier molecular flexibility index (Phi) is 6.80. The molecule has 0 fully saturated rings. The largest absolute Gasteiger partial charge is 0.483 e. The van der Waals surface area contributed by atoms with Gasteiger partial charge in [0.05, 0.1) is 22.5 Å². The summed E-state index contributed by atoms with van der Waals surface area (Å²) in [5, 5.41) is 3.40. The summed E-state index contributed by atoms with van der Waals surface area (Å²) >= 11 is 0. The Balaban J connectivity index is 1.87. The van der Waals surface area contributed by atoms with E-state index in [9.17, 15) is 39.0 Å². The summed E-state index contributed by atoms with van der Waals surface area (Å²) in [5.41, 5.74) is -7.04. The molecule has 204 valence electrons. The van der Waals surface area contributed by atoms with Crippen molar-refractivity contribution < 1.29 is 43.4 Å². The van der Waals surface area contributed by atoms with Crippen LogP contribution in [0.3, 0.4) is 0 Å². The van der Waals surface area contributed by atoms with Crippen LogP contribution in [0.5, 0.6) is 0 Å². The van der Waals surface area contributed by atoms with Gasteiger partial charge in [0.25, 0.3) is 0 Å². The zero-order chi connectivity index (χ0) is 28.1. The molecule has 0 amide bonds. The lowest BCUT2D eigenvalue weighted by Gasteiger charge is -2.13. The molecular weight excluding hydrogens is 564 g/mol. The smallest absolute Gasteiger partial charge is 0.435 e. The van der Waals surface area contributed by atoms with Gasteiger partial charge in [-0.15, -0.1) is 0 Å². The first-order valence-electron chi connectivity index (χ1n) is 10.7. The third kappa shape index (κ3) is 4.87. The second-order valence-corrected chi connectivity index (χ2v) is 12.1. The summed E-state index contributed by atoms with van der Waals surface area (Å²) in [6, 6.07) is 4.61. The Morgan fingerprint density at radius 1 is 1.03 bits per heavy atom. The van der Waals surface area contributed by atoms with Crippen LogP contribution < -0.4 is 0 Å². The highest BCUT2D eigenvalue weighted by Gasteiger charge is 2.44. The molecule has 9 nitrogen and oxygen atoms in total. The van der Waals surface area contributed by atoms with E-state index in [2.05, 4.69) is 19.4 Å². The van der Waals surface area contributed by atoms with Crippen LogP contribution in [0.2, 0.25) is 0 Å². The van der Waals surface area contributed by atoms with Gasteiger partial charge in [0.1, 0.15) is 16.1 Å². The van der Waals surface area contributed by atoms with Crippen molar-refractivity contribution in [1.29, 1.82) is 0 Å². The number of fused-ring (bicyclic) bond motifs is 1. The minimum absolute atomic E-state index is 0.0585. The van der Waals surface area contributed by atoms with Crippen molar-refractivity contribution >= 4 is 30.7 Å². The number of oxazole rings is 1. The van der Waals surface area contributed by atoms with Crippen LogP contribution in [0, 0.1) is 0 Å². The molecule has 0 radical (unpaired) electrons. The lowest BCUT2D eigenvalue weighted by molar-refractivity contribution is -0.141. The third-order valence-electron chi connectivity index (χ3n) is 5.20. The molecule has 0 aliphatic heterocycles. The van der Waals surface area contributed by atoms with Crippen molar-refractivity contribution in [3.63, 3.8) is 0 Å². The second-order valence-electron chi connectivity index (χ2n) is 7.65. The highest BCUT2D eigenvalue weighted by Crippen LogP contribution is 2.36. The fraction of sp³-hybridized carbons (Fsp3) is 0.286. The molecule has 0 aliphatic carbocycles. The van der Waals surface area contributed by atoms with Crippen molar-refractivity contribution in [2.75, 3.05) is 12.3 Å². The number of benzene rings is 1. The standard InChI is InChI=1S/C21H17F6N5O4S2/c1-3-29-38(35,21(25,26)27)13-5-6-15-14(10-13)30-19(36-15)18-16(37(33,34)4-2)9-12(11-28-18)32-8-7-17(31-32)20(22,23)24/h5-11H,3-4H2,1-2H3. The van der Waals surface area contributed by atoms with E-state index in [1.54, 1.807) is 0 Å². The average molecular weight is 582 g/mol. The molecule has 4 aromatic rings. The van der Waals surface area contributed by atoms with Gasteiger partial charge in [0.2, 0.25) is 5.89 Å². The number of hydrogen-bond acceptors (Lipinski definition) is 8. The van der Waals surface area contributed by atoms with Crippen LogP contribution in [0.4, 0.5) is 26.3 Å². The summed E-state index contributed by atoms with van der Waals surface area (Å²) in [6.07, 6.45) is -2.72. The number of sulfone groups is 1. The Labute approximate surface area is 211 Å². The monoisotopic (exact) mass is 581 g/mol. The number of halogens is 6. The lowest BCUT2D eigenvalue weighted by Crippen LogP contribution is -2.23. The van der Waals surface area contributed by atoms with E-state index in [1.165, 1.54) is 13.8 Å². The van der Waals surface area contributed by atoms with Gasteiger partial charge in [-0.05, 0) is 37.3 Å². The van der Waals surface area contributed by atoms with Gasteiger partial charge in [-0.25, -0.2) is 31.6 Å². The highest BCUT2D eigenvalue weighted by molar-refractivity contribution is 7.94. The molecule has 0 aliphatic rings. The summed E-state index contributed by atoms with van der Waals surface area (Å²) in [4.78, 5) is 6.95. The second kappa shape index (κ2) is 9.37. The Morgan fingerprint density at radius 2 is 1.74 bits per heavy atom. The van der Waals surface area contributed by atoms with Crippen LogP contribution >= 0.6 is 0 Å². The maximum absolute atomic E-state index is 13.6. The fourth-order valence-electron chi connectivity index (χ4n) is 3.38. The molecule has 0 saturated heterocycles. The Morgan fingerprint density at radius 3 is 2.32 bits per heavy atom. The molecule has 1 aromatic carbocycles. The third-order valence-corrected chi connectivity index (χ3v) is 9.09. The van der Waals surface area contributed by atoms with Crippen molar-refractivity contribution in [3.05, 3.63) is 48.4 Å². The SMILES string of the molecule is CCN=S(=O)(c1ccc2oc(-c3ncc(-n4ccc(C(F)(F)F)n4)cc3S(=O)(=O)CC)nc2c1)C(F)(F)F. The van der Waals surface area contributed by atoms with Crippen LogP contribution in [0.25, 0.3) is 28.4 Å². The quantitative estimate of drug-likeness (QED) is 0.285. The van der Waals surface area contributed by atoms with Crippen molar-refractivity contribution in [3.8, 4) is 17.3 Å². The van der Waals surface area contributed by atoms with Crippen molar-refractivity contribution in [2.45, 2.75) is 35.3 Å². The summed E-state index contributed by atoms with van der Waals surface area (Å²) < 4.78 is 127. The van der Waals surface area contributed by atoms with Gasteiger partial charge in [-0.3, -0.25) is 0 Å². The molecule has 4 rings (SSSR count). The predicted octanol–water partition coefficient (Wildman–Crippen LogP) is 5.25. The van der Waals surface area contributed by atoms with Gasteiger partial charge in [0, 0.05) is 12.7 Å². The van der Waals surface area contributed by atoms with E-state index in [1.807, 2.05) is 0 Å². The van der Waals surface area contributed by atoms with E-state index >= 15 is 0 Å². The first-order chi connectivity index (χ1) is 17.6. The van der Waals surface area contributed by atoms with E-state index in [0.717, 1.165) is 41.3 Å². The van der Waals surface area contributed by atoms with Crippen LogP contribution in [-0.2, 0) is 25.7 Å². The van der Waals surface area contributed by atoms with Crippen LogP contribution in [0.1, 0.15) is 19.5 Å². The molecule has 0 N–H and O–H groups in total. The Hall–Kier alpha value is -3.47. The first-order valence-corrected chi connectivity index (χ1v) is 13.8. The number of hydrogen-bond donors (Lipinski definition) is 0. The highest BCUT2D eigenvalue weighted by atomic mass is 32.2. The summed E-state index contributed by atoms with van der Waals surface area (Å²) in [6.45, 7) is 2.26.